The Morgan fingerprint density at radius 3 is 2.43 bits per heavy atom. The minimum Gasteiger partial charge on any atom is -0.323 e. The fourth-order valence-corrected chi connectivity index (χ4v) is 4.58. The van der Waals surface area contributed by atoms with Gasteiger partial charge >= 0.3 is 6.03 Å². The van der Waals surface area contributed by atoms with Crippen molar-refractivity contribution in [2.45, 2.75) is 50.5 Å². The number of carbonyl (C=O) groups excluding carboxylic acids is 3. The van der Waals surface area contributed by atoms with Gasteiger partial charge in [0.25, 0.3) is 5.91 Å². The smallest absolute Gasteiger partial charge is 0.323 e. The van der Waals surface area contributed by atoms with Crippen LogP contribution in [0.2, 0.25) is 0 Å². The first-order valence-electron chi connectivity index (χ1n) is 9.79. The summed E-state index contributed by atoms with van der Waals surface area (Å²) < 4.78 is 26.7. The standard InChI is InChI=1S/C20H23F2N3O3/c21-15-6-5-14(10-16(15)22)24-11-13(9-17(24)26)12-25-18(27)20(23-19(25)28)7-3-1-2-4-8-20/h5-6,10,13H,1-4,7-9,11-12H2,(H,23,28). The van der Waals surface area contributed by atoms with Crippen molar-refractivity contribution in [1.29, 1.82) is 0 Å². The molecule has 1 unspecified atom stereocenters. The van der Waals surface area contributed by atoms with Gasteiger partial charge in [-0.05, 0) is 25.0 Å². The van der Waals surface area contributed by atoms with E-state index in [1.165, 1.54) is 15.9 Å². The van der Waals surface area contributed by atoms with E-state index >= 15 is 0 Å². The first kappa shape index (κ1) is 18.8. The number of rotatable bonds is 3. The summed E-state index contributed by atoms with van der Waals surface area (Å²) in [5.41, 5.74) is -0.514. The van der Waals surface area contributed by atoms with Crippen LogP contribution < -0.4 is 10.2 Å². The molecule has 8 heteroatoms. The molecule has 1 spiro atoms. The zero-order chi connectivity index (χ0) is 19.9. The van der Waals surface area contributed by atoms with Gasteiger partial charge in [-0.2, -0.15) is 0 Å². The van der Waals surface area contributed by atoms with Crippen molar-refractivity contribution in [2.24, 2.45) is 5.92 Å². The SMILES string of the molecule is O=C1NC2(CCCCCC2)C(=O)N1CC1CC(=O)N(c2ccc(F)c(F)c2)C1. The van der Waals surface area contributed by atoms with Crippen LogP contribution in [0.25, 0.3) is 0 Å². The molecule has 1 N–H and O–H groups in total. The van der Waals surface area contributed by atoms with Crippen LogP contribution in [0, 0.1) is 17.6 Å². The molecule has 4 amide bonds. The summed E-state index contributed by atoms with van der Waals surface area (Å²) in [7, 11) is 0. The Bertz CT molecular complexity index is 821. The number of amides is 4. The van der Waals surface area contributed by atoms with Crippen LogP contribution in [0.3, 0.4) is 0 Å². The molecule has 1 aromatic rings. The Labute approximate surface area is 161 Å². The van der Waals surface area contributed by atoms with E-state index in [4.69, 9.17) is 0 Å². The molecule has 1 atom stereocenters. The molecule has 0 aromatic heterocycles. The summed E-state index contributed by atoms with van der Waals surface area (Å²) in [5.74, 6) is -2.65. The molecule has 4 rings (SSSR count). The van der Waals surface area contributed by atoms with Crippen LogP contribution in [-0.4, -0.2) is 41.4 Å². The van der Waals surface area contributed by atoms with E-state index in [1.807, 2.05) is 0 Å². The summed E-state index contributed by atoms with van der Waals surface area (Å²) in [6, 6.07) is 2.93. The Kier molecular flexibility index (Phi) is 4.81. The Morgan fingerprint density at radius 2 is 1.75 bits per heavy atom. The van der Waals surface area contributed by atoms with Crippen molar-refractivity contribution in [2.75, 3.05) is 18.0 Å². The maximum atomic E-state index is 13.5. The van der Waals surface area contributed by atoms with Crippen molar-refractivity contribution in [1.82, 2.24) is 10.2 Å². The molecule has 2 aliphatic heterocycles. The molecule has 0 bridgehead atoms. The van der Waals surface area contributed by atoms with E-state index in [-0.39, 0.29) is 42.9 Å². The molecule has 6 nitrogen and oxygen atoms in total. The van der Waals surface area contributed by atoms with Crippen LogP contribution in [0.5, 0.6) is 0 Å². The molecule has 1 aliphatic carbocycles. The van der Waals surface area contributed by atoms with Crippen LogP contribution in [0.15, 0.2) is 18.2 Å². The Hall–Kier alpha value is -2.51. The lowest BCUT2D eigenvalue weighted by Crippen LogP contribution is -2.46. The van der Waals surface area contributed by atoms with Gasteiger partial charge in [-0.25, -0.2) is 13.6 Å². The number of benzene rings is 1. The fraction of sp³-hybridized carbons (Fsp3) is 0.550. The average Bonchev–Trinajstić information content (AvgIpc) is 3.00. The predicted octanol–water partition coefficient (Wildman–Crippen LogP) is 2.96. The van der Waals surface area contributed by atoms with Gasteiger partial charge in [0.15, 0.2) is 11.6 Å². The molecule has 0 radical (unpaired) electrons. The van der Waals surface area contributed by atoms with Gasteiger partial charge in [0.05, 0.1) is 0 Å². The quantitative estimate of drug-likeness (QED) is 0.806. The van der Waals surface area contributed by atoms with Gasteiger partial charge in [-0.1, -0.05) is 25.7 Å². The third-order valence-corrected chi connectivity index (χ3v) is 6.06. The van der Waals surface area contributed by atoms with Gasteiger partial charge in [-0.15, -0.1) is 0 Å². The first-order chi connectivity index (χ1) is 13.4. The minimum absolute atomic E-state index is 0.151. The zero-order valence-electron chi connectivity index (χ0n) is 15.5. The van der Waals surface area contributed by atoms with Crippen LogP contribution >= 0.6 is 0 Å². The van der Waals surface area contributed by atoms with E-state index in [0.717, 1.165) is 37.8 Å². The van der Waals surface area contributed by atoms with Crippen LogP contribution in [-0.2, 0) is 9.59 Å². The maximum Gasteiger partial charge on any atom is 0.325 e. The normalized spacial score (nSPS) is 24.8. The van der Waals surface area contributed by atoms with E-state index in [0.29, 0.717) is 12.8 Å². The maximum absolute atomic E-state index is 13.5. The fourth-order valence-electron chi connectivity index (χ4n) is 4.58. The number of nitrogens with one attached hydrogen (secondary N) is 1. The largest absolute Gasteiger partial charge is 0.325 e. The van der Waals surface area contributed by atoms with Crippen molar-refractivity contribution in [3.63, 3.8) is 0 Å². The number of halogens is 2. The number of anilines is 1. The van der Waals surface area contributed by atoms with Crippen molar-refractivity contribution in [3.05, 3.63) is 29.8 Å². The molecular formula is C20H23F2N3O3. The predicted molar refractivity (Wildman–Crippen MR) is 97.5 cm³/mol. The van der Waals surface area contributed by atoms with E-state index in [9.17, 15) is 23.2 Å². The van der Waals surface area contributed by atoms with E-state index in [2.05, 4.69) is 5.32 Å². The highest BCUT2D eigenvalue weighted by atomic mass is 19.2. The molecule has 1 aromatic carbocycles. The summed E-state index contributed by atoms with van der Waals surface area (Å²) in [6.07, 6.45) is 5.40. The minimum atomic E-state index is -1.02. The molecule has 3 aliphatic rings. The molecule has 3 fully saturated rings. The van der Waals surface area contributed by atoms with Gasteiger partial charge in [0.2, 0.25) is 5.91 Å². The summed E-state index contributed by atoms with van der Waals surface area (Å²) >= 11 is 0. The summed E-state index contributed by atoms with van der Waals surface area (Å²) in [4.78, 5) is 40.5. The number of urea groups is 1. The molecule has 150 valence electrons. The van der Waals surface area contributed by atoms with Crippen molar-refractivity contribution < 1.29 is 23.2 Å². The highest BCUT2D eigenvalue weighted by Gasteiger charge is 2.51. The van der Waals surface area contributed by atoms with Crippen LogP contribution in [0.1, 0.15) is 44.9 Å². The number of hydrogen-bond donors (Lipinski definition) is 1. The lowest BCUT2D eigenvalue weighted by Gasteiger charge is -2.25. The number of hydrogen-bond acceptors (Lipinski definition) is 3. The second kappa shape index (κ2) is 7.14. The van der Waals surface area contributed by atoms with E-state index < -0.39 is 23.2 Å². The molecule has 2 saturated heterocycles. The van der Waals surface area contributed by atoms with E-state index in [1.54, 1.807) is 0 Å². The number of nitrogens with zero attached hydrogens (tertiary/aromatic N) is 2. The summed E-state index contributed by atoms with van der Waals surface area (Å²) in [5, 5.41) is 2.90. The monoisotopic (exact) mass is 391 g/mol. The molecular weight excluding hydrogens is 368 g/mol. The van der Waals surface area contributed by atoms with Gasteiger partial charge in [0, 0.05) is 37.2 Å². The summed E-state index contributed by atoms with van der Waals surface area (Å²) in [6.45, 7) is 0.409. The molecule has 1 saturated carbocycles. The molecule has 28 heavy (non-hydrogen) atoms. The molecule has 2 heterocycles. The lowest BCUT2D eigenvalue weighted by molar-refractivity contribution is -0.132. The number of carbonyl (C=O) groups is 3. The zero-order valence-corrected chi connectivity index (χ0v) is 15.5. The highest BCUT2D eigenvalue weighted by molar-refractivity contribution is 6.07. The Balaban J connectivity index is 1.46. The lowest BCUT2D eigenvalue weighted by atomic mass is 9.90. The first-order valence-corrected chi connectivity index (χ1v) is 9.79. The second-order valence-electron chi connectivity index (χ2n) is 8.02. The second-order valence-corrected chi connectivity index (χ2v) is 8.02. The average molecular weight is 391 g/mol. The topological polar surface area (TPSA) is 69.7 Å². The highest BCUT2D eigenvalue weighted by Crippen LogP contribution is 2.34. The Morgan fingerprint density at radius 1 is 1.04 bits per heavy atom. The van der Waals surface area contributed by atoms with Gasteiger partial charge in [0.1, 0.15) is 5.54 Å². The van der Waals surface area contributed by atoms with Crippen molar-refractivity contribution in [3.8, 4) is 0 Å². The van der Waals surface area contributed by atoms with Crippen LogP contribution in [0.4, 0.5) is 19.3 Å². The van der Waals surface area contributed by atoms with Crippen molar-refractivity contribution >= 4 is 23.5 Å². The third-order valence-electron chi connectivity index (χ3n) is 6.06. The third kappa shape index (κ3) is 3.25. The number of imide groups is 1. The van der Waals surface area contributed by atoms with Gasteiger partial charge in [-0.3, -0.25) is 14.5 Å². The van der Waals surface area contributed by atoms with Gasteiger partial charge < -0.3 is 10.2 Å².